The Labute approximate surface area is 153 Å². The van der Waals surface area contributed by atoms with Crippen molar-refractivity contribution < 1.29 is 18.7 Å². The molecule has 0 bridgehead atoms. The SMILES string of the molecule is CCN(Cc1cccc(F)c1)C(=O)c1[nH]c(C)c(C(=O)OC(C)C)c1C. The number of halogens is 1. The van der Waals surface area contributed by atoms with Crippen molar-refractivity contribution in [2.45, 2.75) is 47.3 Å². The topological polar surface area (TPSA) is 62.4 Å². The lowest BCUT2D eigenvalue weighted by Crippen LogP contribution is -2.31. The molecule has 5 nitrogen and oxygen atoms in total. The van der Waals surface area contributed by atoms with E-state index in [2.05, 4.69) is 4.98 Å². The second-order valence-corrected chi connectivity index (χ2v) is 6.53. The summed E-state index contributed by atoms with van der Waals surface area (Å²) in [6.45, 7) is 9.62. The third-order valence-electron chi connectivity index (χ3n) is 4.13. The summed E-state index contributed by atoms with van der Waals surface area (Å²) in [5.41, 5.74) is 2.62. The first-order valence-electron chi connectivity index (χ1n) is 8.68. The highest BCUT2D eigenvalue weighted by atomic mass is 19.1. The normalized spacial score (nSPS) is 10.9. The predicted molar refractivity (Wildman–Crippen MR) is 97.6 cm³/mol. The van der Waals surface area contributed by atoms with E-state index in [-0.39, 0.29) is 24.4 Å². The first kappa shape index (κ1) is 19.7. The maximum absolute atomic E-state index is 13.4. The van der Waals surface area contributed by atoms with Gasteiger partial charge in [0.15, 0.2) is 0 Å². The predicted octanol–water partition coefficient (Wildman–Crippen LogP) is 4.00. The van der Waals surface area contributed by atoms with Gasteiger partial charge in [0, 0.05) is 18.8 Å². The summed E-state index contributed by atoms with van der Waals surface area (Å²) in [5.74, 6) is -1.02. The van der Waals surface area contributed by atoms with Crippen molar-refractivity contribution in [3.63, 3.8) is 0 Å². The van der Waals surface area contributed by atoms with Gasteiger partial charge in [-0.05, 0) is 57.9 Å². The molecule has 1 amide bonds. The number of aromatic nitrogens is 1. The number of aromatic amines is 1. The molecule has 140 valence electrons. The highest BCUT2D eigenvalue weighted by molar-refractivity contribution is 6.00. The van der Waals surface area contributed by atoms with E-state index in [0.717, 1.165) is 0 Å². The zero-order valence-corrected chi connectivity index (χ0v) is 15.9. The fraction of sp³-hybridized carbons (Fsp3) is 0.400. The lowest BCUT2D eigenvalue weighted by Gasteiger charge is -2.21. The van der Waals surface area contributed by atoms with Crippen LogP contribution in [0.5, 0.6) is 0 Å². The number of amides is 1. The molecule has 26 heavy (non-hydrogen) atoms. The summed E-state index contributed by atoms with van der Waals surface area (Å²) in [6, 6.07) is 6.17. The number of carbonyl (C=O) groups excluding carboxylic acids is 2. The van der Waals surface area contributed by atoms with Gasteiger partial charge in [-0.3, -0.25) is 4.79 Å². The van der Waals surface area contributed by atoms with E-state index in [1.807, 2.05) is 6.92 Å². The van der Waals surface area contributed by atoms with Crippen molar-refractivity contribution in [2.75, 3.05) is 6.54 Å². The molecular weight excluding hydrogens is 335 g/mol. The molecule has 0 fully saturated rings. The maximum Gasteiger partial charge on any atom is 0.340 e. The average Bonchev–Trinajstić information content (AvgIpc) is 2.86. The van der Waals surface area contributed by atoms with Crippen LogP contribution in [0.1, 0.15) is 58.4 Å². The van der Waals surface area contributed by atoms with Gasteiger partial charge in [-0.1, -0.05) is 12.1 Å². The molecule has 6 heteroatoms. The van der Waals surface area contributed by atoms with Crippen molar-refractivity contribution in [1.29, 1.82) is 0 Å². The van der Waals surface area contributed by atoms with Crippen molar-refractivity contribution in [3.05, 3.63) is 58.2 Å². The molecule has 2 aromatic rings. The largest absolute Gasteiger partial charge is 0.459 e. The van der Waals surface area contributed by atoms with Gasteiger partial charge in [0.05, 0.1) is 11.7 Å². The van der Waals surface area contributed by atoms with Gasteiger partial charge in [-0.25, -0.2) is 9.18 Å². The quantitative estimate of drug-likeness (QED) is 0.792. The zero-order valence-electron chi connectivity index (χ0n) is 15.9. The number of esters is 1. The molecule has 1 heterocycles. The highest BCUT2D eigenvalue weighted by Crippen LogP contribution is 2.22. The molecule has 0 unspecified atom stereocenters. The van der Waals surface area contributed by atoms with Crippen molar-refractivity contribution in [1.82, 2.24) is 9.88 Å². The minimum atomic E-state index is -0.446. The van der Waals surface area contributed by atoms with Crippen LogP contribution in [0.15, 0.2) is 24.3 Å². The molecule has 0 aliphatic rings. The number of aryl methyl sites for hydroxylation is 1. The summed E-state index contributed by atoms with van der Waals surface area (Å²) in [4.78, 5) is 29.9. The third kappa shape index (κ3) is 4.31. The lowest BCUT2D eigenvalue weighted by molar-refractivity contribution is 0.0376. The van der Waals surface area contributed by atoms with Gasteiger partial charge in [-0.2, -0.15) is 0 Å². The van der Waals surface area contributed by atoms with E-state index < -0.39 is 5.97 Å². The molecule has 1 aromatic heterocycles. The van der Waals surface area contributed by atoms with Crippen LogP contribution in [0.25, 0.3) is 0 Å². The van der Waals surface area contributed by atoms with Crippen LogP contribution in [-0.4, -0.2) is 34.4 Å². The minimum absolute atomic E-state index is 0.235. The van der Waals surface area contributed by atoms with Gasteiger partial charge in [-0.15, -0.1) is 0 Å². The molecule has 0 radical (unpaired) electrons. The Bertz CT molecular complexity index is 811. The Balaban J connectivity index is 2.28. The monoisotopic (exact) mass is 360 g/mol. The second kappa shape index (κ2) is 8.17. The molecule has 0 aliphatic carbocycles. The summed E-state index contributed by atoms with van der Waals surface area (Å²) < 4.78 is 18.7. The smallest absolute Gasteiger partial charge is 0.340 e. The number of rotatable bonds is 6. The molecule has 0 saturated carbocycles. The zero-order chi connectivity index (χ0) is 19.4. The van der Waals surface area contributed by atoms with E-state index in [1.165, 1.54) is 12.1 Å². The number of ether oxygens (including phenoxy) is 1. The van der Waals surface area contributed by atoms with E-state index in [0.29, 0.717) is 34.6 Å². The molecule has 0 spiro atoms. The summed E-state index contributed by atoms with van der Waals surface area (Å²) >= 11 is 0. The van der Waals surface area contributed by atoms with Gasteiger partial charge in [0.25, 0.3) is 5.91 Å². The van der Waals surface area contributed by atoms with E-state index in [1.54, 1.807) is 44.7 Å². The van der Waals surface area contributed by atoms with Crippen molar-refractivity contribution >= 4 is 11.9 Å². The second-order valence-electron chi connectivity index (χ2n) is 6.53. The van der Waals surface area contributed by atoms with Crippen LogP contribution in [0.4, 0.5) is 4.39 Å². The summed E-state index contributed by atoms with van der Waals surface area (Å²) in [6.07, 6.45) is -0.240. The van der Waals surface area contributed by atoms with Crippen molar-refractivity contribution in [3.8, 4) is 0 Å². The first-order valence-corrected chi connectivity index (χ1v) is 8.68. The van der Waals surface area contributed by atoms with Crippen LogP contribution in [-0.2, 0) is 11.3 Å². The minimum Gasteiger partial charge on any atom is -0.459 e. The van der Waals surface area contributed by atoms with Crippen LogP contribution in [0.3, 0.4) is 0 Å². The van der Waals surface area contributed by atoms with Crippen LogP contribution in [0, 0.1) is 19.7 Å². The fourth-order valence-corrected chi connectivity index (χ4v) is 2.88. The van der Waals surface area contributed by atoms with Gasteiger partial charge >= 0.3 is 5.97 Å². The standard InChI is InChI=1S/C20H25FN2O3/c1-6-23(11-15-8-7-9-16(21)10-15)19(24)18-13(4)17(14(5)22-18)20(25)26-12(2)3/h7-10,12,22H,6,11H2,1-5H3. The first-order chi connectivity index (χ1) is 12.2. The number of H-pyrrole nitrogens is 1. The summed E-state index contributed by atoms with van der Waals surface area (Å²) in [7, 11) is 0. The van der Waals surface area contributed by atoms with Crippen LogP contribution >= 0.6 is 0 Å². The number of hydrogen-bond donors (Lipinski definition) is 1. The molecule has 2 rings (SSSR count). The van der Waals surface area contributed by atoms with Crippen LogP contribution in [0.2, 0.25) is 0 Å². The van der Waals surface area contributed by atoms with Crippen molar-refractivity contribution in [2.24, 2.45) is 0 Å². The van der Waals surface area contributed by atoms with E-state index in [4.69, 9.17) is 4.74 Å². The fourth-order valence-electron chi connectivity index (χ4n) is 2.88. The Morgan fingerprint density at radius 3 is 2.54 bits per heavy atom. The number of benzene rings is 1. The third-order valence-corrected chi connectivity index (χ3v) is 4.13. The Morgan fingerprint density at radius 1 is 1.27 bits per heavy atom. The number of carbonyl (C=O) groups is 2. The molecule has 0 aliphatic heterocycles. The highest BCUT2D eigenvalue weighted by Gasteiger charge is 2.26. The Kier molecular flexibility index (Phi) is 6.18. The molecule has 0 saturated heterocycles. The molecule has 0 atom stereocenters. The number of hydrogen-bond acceptors (Lipinski definition) is 3. The lowest BCUT2D eigenvalue weighted by atomic mass is 10.1. The Morgan fingerprint density at radius 2 is 1.96 bits per heavy atom. The number of nitrogens with one attached hydrogen (secondary N) is 1. The van der Waals surface area contributed by atoms with Crippen LogP contribution < -0.4 is 0 Å². The molecular formula is C20H25FN2O3. The Hall–Kier alpha value is -2.63. The molecule has 1 aromatic carbocycles. The average molecular weight is 360 g/mol. The maximum atomic E-state index is 13.4. The van der Waals surface area contributed by atoms with Gasteiger partial charge < -0.3 is 14.6 Å². The van der Waals surface area contributed by atoms with Gasteiger partial charge in [0.2, 0.25) is 0 Å². The summed E-state index contributed by atoms with van der Waals surface area (Å²) in [5, 5.41) is 0. The van der Waals surface area contributed by atoms with E-state index >= 15 is 0 Å². The number of nitrogens with zero attached hydrogens (tertiary/aromatic N) is 1. The van der Waals surface area contributed by atoms with E-state index in [9.17, 15) is 14.0 Å². The molecule has 1 N–H and O–H groups in total. The van der Waals surface area contributed by atoms with Gasteiger partial charge in [0.1, 0.15) is 11.5 Å².